The van der Waals surface area contributed by atoms with Crippen molar-refractivity contribution in [1.82, 2.24) is 0 Å². The third-order valence-electron chi connectivity index (χ3n) is 2.77. The molecule has 1 aromatic heterocycles. The molecule has 1 aromatic carbocycles. The maximum absolute atomic E-state index is 12.5. The van der Waals surface area contributed by atoms with Gasteiger partial charge in [-0.3, -0.25) is 4.79 Å². The summed E-state index contributed by atoms with van der Waals surface area (Å²) in [7, 11) is 4.54. The highest BCUT2D eigenvalue weighted by atomic mass is 35.5. The molecule has 20 heavy (non-hydrogen) atoms. The number of thiophene rings is 1. The van der Waals surface area contributed by atoms with Crippen LogP contribution in [0.3, 0.4) is 0 Å². The van der Waals surface area contributed by atoms with Crippen LogP contribution >= 0.6 is 22.9 Å². The van der Waals surface area contributed by atoms with Crippen LogP contribution in [0.4, 0.5) is 0 Å². The maximum atomic E-state index is 12.5. The van der Waals surface area contributed by atoms with Gasteiger partial charge in [-0.1, -0.05) is 11.6 Å². The molecule has 0 amide bonds. The number of benzene rings is 1. The van der Waals surface area contributed by atoms with Crippen LogP contribution in [0.1, 0.15) is 15.2 Å². The van der Waals surface area contributed by atoms with E-state index in [1.165, 1.54) is 32.7 Å². The van der Waals surface area contributed by atoms with Gasteiger partial charge in [0, 0.05) is 11.6 Å². The first-order valence-electron chi connectivity index (χ1n) is 5.70. The standard InChI is InChI=1S/C14H13ClO4S/c1-17-10-4-5-20-14(10)13(16)8-6-11(18-2)12(19-3)7-9(8)15/h4-7H,1-3H3. The normalized spacial score (nSPS) is 10.2. The fraction of sp³-hybridized carbons (Fsp3) is 0.214. The second-order valence-electron chi connectivity index (χ2n) is 3.83. The summed E-state index contributed by atoms with van der Waals surface area (Å²) in [5, 5.41) is 2.10. The topological polar surface area (TPSA) is 44.8 Å². The second kappa shape index (κ2) is 6.15. The molecule has 0 fully saturated rings. The van der Waals surface area contributed by atoms with E-state index in [0.717, 1.165) is 0 Å². The molecule has 1 heterocycles. The molecule has 0 saturated carbocycles. The van der Waals surface area contributed by atoms with E-state index in [2.05, 4.69) is 0 Å². The second-order valence-corrected chi connectivity index (χ2v) is 5.16. The van der Waals surface area contributed by atoms with Crippen LogP contribution in [0.25, 0.3) is 0 Å². The summed E-state index contributed by atoms with van der Waals surface area (Å²) < 4.78 is 15.5. The first kappa shape index (κ1) is 14.7. The maximum Gasteiger partial charge on any atom is 0.208 e. The number of carbonyl (C=O) groups excluding carboxylic acids is 1. The number of hydrogen-bond donors (Lipinski definition) is 0. The van der Waals surface area contributed by atoms with Crippen LogP contribution < -0.4 is 14.2 Å². The molecule has 6 heteroatoms. The van der Waals surface area contributed by atoms with Gasteiger partial charge in [0.25, 0.3) is 0 Å². The molecule has 0 unspecified atom stereocenters. The average Bonchev–Trinajstić information content (AvgIpc) is 2.94. The zero-order valence-corrected chi connectivity index (χ0v) is 12.8. The summed E-state index contributed by atoms with van der Waals surface area (Å²) in [5.74, 6) is 1.26. The molecule has 0 atom stereocenters. The van der Waals surface area contributed by atoms with Crippen molar-refractivity contribution in [3.8, 4) is 17.2 Å². The Labute approximate surface area is 125 Å². The van der Waals surface area contributed by atoms with Crippen molar-refractivity contribution in [2.45, 2.75) is 0 Å². The molecule has 0 aliphatic heterocycles. The average molecular weight is 313 g/mol. The monoisotopic (exact) mass is 312 g/mol. The number of carbonyl (C=O) groups is 1. The van der Waals surface area contributed by atoms with Gasteiger partial charge in [-0.25, -0.2) is 0 Å². The Kier molecular flexibility index (Phi) is 4.52. The van der Waals surface area contributed by atoms with Gasteiger partial charge in [-0.2, -0.15) is 0 Å². The molecule has 0 radical (unpaired) electrons. The summed E-state index contributed by atoms with van der Waals surface area (Å²) in [6.45, 7) is 0. The van der Waals surface area contributed by atoms with Gasteiger partial charge >= 0.3 is 0 Å². The van der Waals surface area contributed by atoms with Crippen molar-refractivity contribution in [3.05, 3.63) is 39.0 Å². The molecule has 4 nitrogen and oxygen atoms in total. The smallest absolute Gasteiger partial charge is 0.208 e. The highest BCUT2D eigenvalue weighted by Crippen LogP contribution is 2.36. The lowest BCUT2D eigenvalue weighted by Crippen LogP contribution is -2.03. The Hall–Kier alpha value is -1.72. The molecule has 0 spiro atoms. The van der Waals surface area contributed by atoms with Crippen LogP contribution in [0.15, 0.2) is 23.6 Å². The van der Waals surface area contributed by atoms with Gasteiger partial charge in [0.05, 0.1) is 26.4 Å². The molecule has 0 aliphatic carbocycles. The van der Waals surface area contributed by atoms with Crippen LogP contribution in [-0.4, -0.2) is 27.1 Å². The van der Waals surface area contributed by atoms with Crippen molar-refractivity contribution < 1.29 is 19.0 Å². The third-order valence-corrected chi connectivity index (χ3v) is 3.98. The lowest BCUT2D eigenvalue weighted by Gasteiger charge is -2.11. The summed E-state index contributed by atoms with van der Waals surface area (Å²) in [6, 6.07) is 4.88. The molecule has 0 saturated heterocycles. The van der Waals surface area contributed by atoms with Crippen LogP contribution in [0.5, 0.6) is 17.2 Å². The van der Waals surface area contributed by atoms with Crippen molar-refractivity contribution in [1.29, 1.82) is 0 Å². The number of methoxy groups -OCH3 is 3. The number of hydrogen-bond acceptors (Lipinski definition) is 5. The molecule has 106 valence electrons. The Morgan fingerprint density at radius 2 is 1.65 bits per heavy atom. The lowest BCUT2D eigenvalue weighted by atomic mass is 10.1. The van der Waals surface area contributed by atoms with E-state index < -0.39 is 0 Å². The molecule has 0 aliphatic rings. The fourth-order valence-corrected chi connectivity index (χ4v) is 2.83. The van der Waals surface area contributed by atoms with Gasteiger partial charge in [-0.05, 0) is 17.5 Å². The van der Waals surface area contributed by atoms with Gasteiger partial charge in [-0.15, -0.1) is 11.3 Å². The largest absolute Gasteiger partial charge is 0.495 e. The SMILES string of the molecule is COc1cc(Cl)c(C(=O)c2sccc2OC)cc1OC. The van der Waals surface area contributed by atoms with E-state index in [1.807, 2.05) is 0 Å². The fourth-order valence-electron chi connectivity index (χ4n) is 1.77. The predicted octanol–water partition coefficient (Wildman–Crippen LogP) is 3.66. The van der Waals surface area contributed by atoms with Gasteiger partial charge < -0.3 is 14.2 Å². The van der Waals surface area contributed by atoms with Crippen LogP contribution in [0, 0.1) is 0 Å². The Morgan fingerprint density at radius 1 is 1.05 bits per heavy atom. The van der Waals surface area contributed by atoms with Crippen molar-refractivity contribution in [2.75, 3.05) is 21.3 Å². The van der Waals surface area contributed by atoms with Crippen molar-refractivity contribution >= 4 is 28.7 Å². The highest BCUT2D eigenvalue weighted by molar-refractivity contribution is 7.12. The Morgan fingerprint density at radius 3 is 2.25 bits per heavy atom. The summed E-state index contributed by atoms with van der Waals surface area (Å²) in [5.41, 5.74) is 0.352. The van der Waals surface area contributed by atoms with E-state index in [0.29, 0.717) is 32.7 Å². The van der Waals surface area contributed by atoms with Gasteiger partial charge in [0.1, 0.15) is 10.6 Å². The summed E-state index contributed by atoms with van der Waals surface area (Å²) in [4.78, 5) is 13.0. The van der Waals surface area contributed by atoms with E-state index in [9.17, 15) is 4.79 Å². The Bertz CT molecular complexity index is 636. The molecule has 0 N–H and O–H groups in total. The lowest BCUT2D eigenvalue weighted by molar-refractivity contribution is 0.103. The minimum Gasteiger partial charge on any atom is -0.495 e. The van der Waals surface area contributed by atoms with E-state index in [4.69, 9.17) is 25.8 Å². The van der Waals surface area contributed by atoms with Crippen molar-refractivity contribution in [3.63, 3.8) is 0 Å². The molecule has 2 aromatic rings. The van der Waals surface area contributed by atoms with E-state index in [-0.39, 0.29) is 5.78 Å². The minimum atomic E-state index is -0.206. The first-order valence-corrected chi connectivity index (χ1v) is 6.95. The molecular formula is C14H13ClO4S. The number of ketones is 1. The quantitative estimate of drug-likeness (QED) is 0.790. The van der Waals surface area contributed by atoms with Crippen LogP contribution in [-0.2, 0) is 0 Å². The van der Waals surface area contributed by atoms with Gasteiger partial charge in [0.15, 0.2) is 11.5 Å². The summed E-state index contributed by atoms with van der Waals surface area (Å²) in [6.07, 6.45) is 0. The molecule has 2 rings (SSSR count). The number of rotatable bonds is 5. The zero-order chi connectivity index (χ0) is 14.7. The summed E-state index contributed by atoms with van der Waals surface area (Å²) >= 11 is 7.46. The van der Waals surface area contributed by atoms with Crippen molar-refractivity contribution in [2.24, 2.45) is 0 Å². The third kappa shape index (κ3) is 2.59. The van der Waals surface area contributed by atoms with E-state index in [1.54, 1.807) is 23.6 Å². The Balaban J connectivity index is 2.50. The van der Waals surface area contributed by atoms with Gasteiger partial charge in [0.2, 0.25) is 5.78 Å². The molecule has 0 bridgehead atoms. The molecular weight excluding hydrogens is 300 g/mol. The highest BCUT2D eigenvalue weighted by Gasteiger charge is 2.21. The number of halogens is 1. The first-order chi connectivity index (χ1) is 9.62. The zero-order valence-electron chi connectivity index (χ0n) is 11.2. The minimum absolute atomic E-state index is 0.206. The number of ether oxygens (including phenoxy) is 3. The van der Waals surface area contributed by atoms with Crippen LogP contribution in [0.2, 0.25) is 5.02 Å². The predicted molar refractivity (Wildman–Crippen MR) is 78.9 cm³/mol. The van der Waals surface area contributed by atoms with E-state index >= 15 is 0 Å².